The number of anilines is 1. The average Bonchev–Trinajstić information content (AvgIpc) is 2.61. The minimum atomic E-state index is -0.210. The molecule has 1 fully saturated rings. The smallest absolute Gasteiger partial charge is 0.160 e. The highest BCUT2D eigenvalue weighted by molar-refractivity contribution is 5.50. The van der Waals surface area contributed by atoms with E-state index in [1.807, 2.05) is 36.9 Å². The fraction of sp³-hybridized carbons (Fsp3) is 0.429. The molecule has 2 N–H and O–H groups in total. The molecule has 2 atom stereocenters. The molecule has 2 aromatic rings. The summed E-state index contributed by atoms with van der Waals surface area (Å²) < 4.78 is 25.4. The summed E-state index contributed by atoms with van der Waals surface area (Å²) in [6.45, 7) is 6.52. The first-order valence-corrected chi connectivity index (χ1v) is 9.21. The summed E-state index contributed by atoms with van der Waals surface area (Å²) in [7, 11) is 1.52. The summed E-state index contributed by atoms with van der Waals surface area (Å²) in [4.78, 5) is 2.05. The molecule has 0 unspecified atom stereocenters. The van der Waals surface area contributed by atoms with E-state index in [0.717, 1.165) is 11.1 Å². The lowest BCUT2D eigenvalue weighted by atomic mass is 10.1. The largest absolute Gasteiger partial charge is 0.504 e. The van der Waals surface area contributed by atoms with Crippen molar-refractivity contribution < 1.29 is 19.0 Å². The molecule has 2 aromatic carbocycles. The van der Waals surface area contributed by atoms with E-state index in [2.05, 4.69) is 5.32 Å². The fourth-order valence-electron chi connectivity index (χ4n) is 3.49. The number of morpholine rings is 1. The van der Waals surface area contributed by atoms with Gasteiger partial charge in [0.05, 0.1) is 25.0 Å². The Labute approximate surface area is 159 Å². The van der Waals surface area contributed by atoms with Crippen molar-refractivity contribution >= 4 is 5.69 Å². The highest BCUT2D eigenvalue weighted by Gasteiger charge is 2.24. The summed E-state index contributed by atoms with van der Waals surface area (Å²) in [6.07, 6.45) is 0.186. The molecule has 1 saturated heterocycles. The summed E-state index contributed by atoms with van der Waals surface area (Å²) >= 11 is 0. The van der Waals surface area contributed by atoms with Crippen molar-refractivity contribution in [3.05, 3.63) is 53.3 Å². The van der Waals surface area contributed by atoms with E-state index in [1.54, 1.807) is 18.2 Å². The number of phenols is 1. The number of rotatable bonds is 6. The van der Waals surface area contributed by atoms with Gasteiger partial charge in [-0.25, -0.2) is 4.39 Å². The van der Waals surface area contributed by atoms with Crippen LogP contribution in [0.2, 0.25) is 0 Å². The van der Waals surface area contributed by atoms with Crippen LogP contribution in [-0.4, -0.2) is 37.5 Å². The number of phenolic OH excluding ortho intramolecular Hbond substituents is 1. The minimum Gasteiger partial charge on any atom is -0.504 e. The third-order valence-corrected chi connectivity index (χ3v) is 4.67. The van der Waals surface area contributed by atoms with Gasteiger partial charge in [0, 0.05) is 26.2 Å². The number of hydrogen-bond acceptors (Lipinski definition) is 5. The first-order chi connectivity index (χ1) is 13.0. The topological polar surface area (TPSA) is 54.0 Å². The Morgan fingerprint density at radius 2 is 1.74 bits per heavy atom. The van der Waals surface area contributed by atoms with Crippen LogP contribution in [0.1, 0.15) is 25.0 Å². The number of halogens is 1. The summed E-state index contributed by atoms with van der Waals surface area (Å²) in [6, 6.07) is 10.6. The van der Waals surface area contributed by atoms with Crippen molar-refractivity contribution in [1.82, 2.24) is 5.32 Å². The Kier molecular flexibility index (Phi) is 6.19. The molecule has 1 aliphatic heterocycles. The lowest BCUT2D eigenvalue weighted by molar-refractivity contribution is -0.00539. The zero-order valence-electron chi connectivity index (χ0n) is 16.0. The number of hydrogen-bond donors (Lipinski definition) is 2. The SMILES string of the molecule is COc1ccc(CNCc2ccc(N3C[C@@H](C)O[C@H](C)C3)c(F)c2)cc1O. The molecule has 0 amide bonds. The Bertz CT molecular complexity index is 774. The predicted octanol–water partition coefficient (Wildman–Crippen LogP) is 3.44. The first-order valence-electron chi connectivity index (χ1n) is 9.21. The summed E-state index contributed by atoms with van der Waals surface area (Å²) in [5.74, 6) is 0.349. The Hall–Kier alpha value is -2.31. The van der Waals surface area contributed by atoms with Gasteiger partial charge >= 0.3 is 0 Å². The van der Waals surface area contributed by atoms with Gasteiger partial charge in [0.1, 0.15) is 5.82 Å². The van der Waals surface area contributed by atoms with Crippen molar-refractivity contribution in [2.75, 3.05) is 25.1 Å². The van der Waals surface area contributed by atoms with Gasteiger partial charge in [0.25, 0.3) is 0 Å². The van der Waals surface area contributed by atoms with Crippen LogP contribution in [0, 0.1) is 5.82 Å². The van der Waals surface area contributed by atoms with Crippen molar-refractivity contribution in [1.29, 1.82) is 0 Å². The molecule has 0 aromatic heterocycles. The zero-order chi connectivity index (χ0) is 19.4. The van der Waals surface area contributed by atoms with Crippen LogP contribution in [0.4, 0.5) is 10.1 Å². The standard InChI is InChI=1S/C21H27FN2O3/c1-14-12-24(13-15(2)27-14)19-6-4-16(8-18(19)22)10-23-11-17-5-7-21(26-3)20(25)9-17/h4-9,14-15,23,25H,10-13H2,1-3H3/t14-,15-/m1/s1. The van der Waals surface area contributed by atoms with Crippen molar-refractivity contribution in [3.8, 4) is 11.5 Å². The molecule has 0 saturated carbocycles. The summed E-state index contributed by atoms with van der Waals surface area (Å²) in [5, 5.41) is 13.1. The molecule has 0 radical (unpaired) electrons. The molecule has 5 nitrogen and oxygen atoms in total. The van der Waals surface area contributed by atoms with Gasteiger partial charge in [-0.1, -0.05) is 12.1 Å². The van der Waals surface area contributed by atoms with Crippen molar-refractivity contribution in [2.24, 2.45) is 0 Å². The van der Waals surface area contributed by atoms with Gasteiger partial charge in [-0.15, -0.1) is 0 Å². The number of aromatic hydroxyl groups is 1. The second-order valence-electron chi connectivity index (χ2n) is 7.06. The summed E-state index contributed by atoms with van der Waals surface area (Å²) in [5.41, 5.74) is 2.44. The lowest BCUT2D eigenvalue weighted by Crippen LogP contribution is -2.45. The monoisotopic (exact) mass is 374 g/mol. The molecule has 0 bridgehead atoms. The maximum atomic E-state index is 14.6. The molecule has 0 spiro atoms. The second kappa shape index (κ2) is 8.59. The van der Waals surface area contributed by atoms with Crippen molar-refractivity contribution in [2.45, 2.75) is 39.1 Å². The van der Waals surface area contributed by atoms with E-state index in [4.69, 9.17) is 9.47 Å². The van der Waals surface area contributed by atoms with Crippen LogP contribution in [0.5, 0.6) is 11.5 Å². The number of ether oxygens (including phenoxy) is 2. The van der Waals surface area contributed by atoms with E-state index < -0.39 is 0 Å². The lowest BCUT2D eigenvalue weighted by Gasteiger charge is -2.37. The van der Waals surface area contributed by atoms with Gasteiger partial charge < -0.3 is 24.8 Å². The number of nitrogens with one attached hydrogen (secondary N) is 1. The molecule has 1 heterocycles. The highest BCUT2D eigenvalue weighted by Crippen LogP contribution is 2.26. The van der Waals surface area contributed by atoms with E-state index in [1.165, 1.54) is 7.11 Å². The number of methoxy groups -OCH3 is 1. The van der Waals surface area contributed by atoms with E-state index in [0.29, 0.717) is 37.6 Å². The maximum absolute atomic E-state index is 14.6. The first kappa shape index (κ1) is 19.5. The van der Waals surface area contributed by atoms with Gasteiger partial charge in [0.15, 0.2) is 11.5 Å². The molecule has 1 aliphatic rings. The molecule has 146 valence electrons. The van der Waals surface area contributed by atoms with Crippen LogP contribution in [0.3, 0.4) is 0 Å². The van der Waals surface area contributed by atoms with Crippen LogP contribution in [-0.2, 0) is 17.8 Å². The van der Waals surface area contributed by atoms with Gasteiger partial charge in [0.2, 0.25) is 0 Å². The molecule has 6 heteroatoms. The van der Waals surface area contributed by atoms with E-state index in [-0.39, 0.29) is 23.8 Å². The third kappa shape index (κ3) is 4.90. The number of benzene rings is 2. The fourth-order valence-corrected chi connectivity index (χ4v) is 3.49. The Balaban J connectivity index is 1.58. The molecule has 0 aliphatic carbocycles. The third-order valence-electron chi connectivity index (χ3n) is 4.67. The minimum absolute atomic E-state index is 0.0930. The van der Waals surface area contributed by atoms with Gasteiger partial charge in [-0.05, 0) is 49.2 Å². The van der Waals surface area contributed by atoms with E-state index >= 15 is 0 Å². The molecular formula is C21H27FN2O3. The second-order valence-corrected chi connectivity index (χ2v) is 7.06. The zero-order valence-corrected chi connectivity index (χ0v) is 16.0. The number of nitrogens with zero attached hydrogens (tertiary/aromatic N) is 1. The quantitative estimate of drug-likeness (QED) is 0.811. The molecular weight excluding hydrogens is 347 g/mol. The van der Waals surface area contributed by atoms with E-state index in [9.17, 15) is 9.50 Å². The molecule has 3 rings (SSSR count). The van der Waals surface area contributed by atoms with Crippen LogP contribution >= 0.6 is 0 Å². The Morgan fingerprint density at radius 1 is 1.11 bits per heavy atom. The van der Waals surface area contributed by atoms with Gasteiger partial charge in [-0.3, -0.25) is 0 Å². The average molecular weight is 374 g/mol. The Morgan fingerprint density at radius 3 is 2.33 bits per heavy atom. The van der Waals surface area contributed by atoms with Gasteiger partial charge in [-0.2, -0.15) is 0 Å². The predicted molar refractivity (Wildman–Crippen MR) is 104 cm³/mol. The van der Waals surface area contributed by atoms with Crippen LogP contribution < -0.4 is 15.0 Å². The van der Waals surface area contributed by atoms with Crippen LogP contribution in [0.25, 0.3) is 0 Å². The van der Waals surface area contributed by atoms with Crippen molar-refractivity contribution in [3.63, 3.8) is 0 Å². The van der Waals surface area contributed by atoms with Crippen LogP contribution in [0.15, 0.2) is 36.4 Å². The maximum Gasteiger partial charge on any atom is 0.160 e. The normalized spacial score (nSPS) is 19.9. The molecule has 27 heavy (non-hydrogen) atoms. The highest BCUT2D eigenvalue weighted by atomic mass is 19.1.